The molecule has 6 heteroatoms. The molecule has 1 fully saturated rings. The van der Waals surface area contributed by atoms with Gasteiger partial charge in [0.1, 0.15) is 5.75 Å². The van der Waals surface area contributed by atoms with Crippen molar-refractivity contribution < 1.29 is 9.53 Å². The van der Waals surface area contributed by atoms with Crippen LogP contribution in [0.15, 0.2) is 12.1 Å². The summed E-state index contributed by atoms with van der Waals surface area (Å²) in [5.74, 6) is 0.455. The molecule has 2 N–H and O–H groups in total. The minimum absolute atomic E-state index is 0.0219. The van der Waals surface area contributed by atoms with Crippen LogP contribution in [0.3, 0.4) is 0 Å². The van der Waals surface area contributed by atoms with Crippen molar-refractivity contribution in [3.63, 3.8) is 0 Å². The molecule has 0 bridgehead atoms. The molecule has 0 saturated heterocycles. The minimum Gasteiger partial charge on any atom is -0.482 e. The SMILES string of the molecule is CN(C(=O)COc1c(Cl)cc(Cl)cc1CCN)C1CC1. The Kier molecular flexibility index (Phi) is 5.13. The fraction of sp³-hybridized carbons (Fsp3) is 0.500. The number of nitrogens with two attached hydrogens (primary N) is 1. The number of ether oxygens (including phenoxy) is 1. The summed E-state index contributed by atoms with van der Waals surface area (Å²) in [6.07, 6.45) is 2.74. The van der Waals surface area contributed by atoms with Gasteiger partial charge in [-0.15, -0.1) is 0 Å². The number of rotatable bonds is 6. The Morgan fingerprint density at radius 3 is 2.75 bits per heavy atom. The van der Waals surface area contributed by atoms with Crippen LogP contribution < -0.4 is 10.5 Å². The summed E-state index contributed by atoms with van der Waals surface area (Å²) in [4.78, 5) is 13.7. The van der Waals surface area contributed by atoms with Crippen LogP contribution in [0.2, 0.25) is 10.0 Å². The van der Waals surface area contributed by atoms with Crippen LogP contribution in [0.25, 0.3) is 0 Å². The van der Waals surface area contributed by atoms with E-state index >= 15 is 0 Å². The maximum Gasteiger partial charge on any atom is 0.260 e. The highest BCUT2D eigenvalue weighted by Gasteiger charge is 2.29. The van der Waals surface area contributed by atoms with Gasteiger partial charge in [-0.1, -0.05) is 23.2 Å². The molecule has 110 valence electrons. The average molecular weight is 317 g/mol. The zero-order valence-corrected chi connectivity index (χ0v) is 12.9. The Labute approximate surface area is 128 Å². The summed E-state index contributed by atoms with van der Waals surface area (Å²) in [7, 11) is 1.80. The number of carbonyl (C=O) groups excluding carboxylic acids is 1. The number of hydrogen-bond donors (Lipinski definition) is 1. The van der Waals surface area contributed by atoms with Crippen molar-refractivity contribution in [1.29, 1.82) is 0 Å². The van der Waals surface area contributed by atoms with Crippen LogP contribution in [0, 0.1) is 0 Å². The molecule has 0 spiro atoms. The first kappa shape index (κ1) is 15.4. The Balaban J connectivity index is 2.05. The molecule has 1 aliphatic carbocycles. The second-order valence-corrected chi connectivity index (χ2v) is 5.78. The lowest BCUT2D eigenvalue weighted by atomic mass is 10.1. The topological polar surface area (TPSA) is 55.6 Å². The van der Waals surface area contributed by atoms with E-state index in [-0.39, 0.29) is 12.5 Å². The maximum absolute atomic E-state index is 12.0. The van der Waals surface area contributed by atoms with Gasteiger partial charge in [0.25, 0.3) is 5.91 Å². The first-order valence-corrected chi connectivity index (χ1v) is 7.35. The summed E-state index contributed by atoms with van der Waals surface area (Å²) < 4.78 is 5.60. The quantitative estimate of drug-likeness (QED) is 0.877. The summed E-state index contributed by atoms with van der Waals surface area (Å²) in [6.45, 7) is 0.439. The van der Waals surface area contributed by atoms with Gasteiger partial charge < -0.3 is 15.4 Å². The smallest absolute Gasteiger partial charge is 0.260 e. The van der Waals surface area contributed by atoms with Crippen LogP contribution in [0.1, 0.15) is 18.4 Å². The van der Waals surface area contributed by atoms with Gasteiger partial charge in [-0.3, -0.25) is 4.79 Å². The zero-order valence-electron chi connectivity index (χ0n) is 11.4. The van der Waals surface area contributed by atoms with E-state index in [1.165, 1.54) is 0 Å². The number of hydrogen-bond acceptors (Lipinski definition) is 3. The molecule has 0 heterocycles. The van der Waals surface area contributed by atoms with Gasteiger partial charge in [0.15, 0.2) is 6.61 Å². The maximum atomic E-state index is 12.0. The van der Waals surface area contributed by atoms with Crippen LogP contribution in [-0.2, 0) is 11.2 Å². The van der Waals surface area contributed by atoms with Crippen LogP contribution in [0.4, 0.5) is 0 Å². The predicted molar refractivity (Wildman–Crippen MR) is 80.5 cm³/mol. The second kappa shape index (κ2) is 6.66. The standard InChI is InChI=1S/C14H18Cl2N2O2/c1-18(11-2-3-11)13(19)8-20-14-9(4-5-17)6-10(15)7-12(14)16/h6-7,11H,2-5,8,17H2,1H3. The largest absolute Gasteiger partial charge is 0.482 e. The van der Waals surface area contributed by atoms with E-state index in [1.54, 1.807) is 24.1 Å². The van der Waals surface area contributed by atoms with E-state index in [1.807, 2.05) is 0 Å². The predicted octanol–water partition coefficient (Wildman–Crippen LogP) is 2.49. The van der Waals surface area contributed by atoms with Gasteiger partial charge in [-0.2, -0.15) is 0 Å². The molecular formula is C14H18Cl2N2O2. The van der Waals surface area contributed by atoms with E-state index in [0.29, 0.717) is 34.8 Å². The minimum atomic E-state index is -0.0442. The Morgan fingerprint density at radius 1 is 1.45 bits per heavy atom. The number of benzene rings is 1. The summed E-state index contributed by atoms with van der Waals surface area (Å²) in [5.41, 5.74) is 6.39. The highest BCUT2D eigenvalue weighted by molar-refractivity contribution is 6.35. The Hall–Kier alpha value is -0.970. The Bertz CT molecular complexity index is 504. The van der Waals surface area contributed by atoms with Crippen LogP contribution in [-0.4, -0.2) is 37.0 Å². The molecule has 0 radical (unpaired) electrons. The van der Waals surface area contributed by atoms with Gasteiger partial charge in [0.05, 0.1) is 5.02 Å². The van der Waals surface area contributed by atoms with Crippen molar-refractivity contribution in [2.75, 3.05) is 20.2 Å². The fourth-order valence-corrected chi connectivity index (χ4v) is 2.61. The molecule has 0 atom stereocenters. The highest BCUT2D eigenvalue weighted by Crippen LogP contribution is 2.33. The first-order valence-electron chi connectivity index (χ1n) is 6.59. The molecule has 2 rings (SSSR count). The molecule has 1 aromatic rings. The van der Waals surface area contributed by atoms with Crippen LogP contribution in [0.5, 0.6) is 5.75 Å². The zero-order chi connectivity index (χ0) is 14.7. The van der Waals surface area contributed by atoms with Crippen molar-refractivity contribution in [3.8, 4) is 5.75 Å². The molecule has 1 aromatic carbocycles. The lowest BCUT2D eigenvalue weighted by molar-refractivity contribution is -0.132. The molecule has 0 aromatic heterocycles. The number of likely N-dealkylation sites (N-methyl/N-ethyl adjacent to an activating group) is 1. The van der Waals surface area contributed by atoms with Crippen molar-refractivity contribution in [1.82, 2.24) is 4.90 Å². The van der Waals surface area contributed by atoms with Crippen molar-refractivity contribution >= 4 is 29.1 Å². The summed E-state index contributed by atoms with van der Waals surface area (Å²) in [5, 5.41) is 0.940. The van der Waals surface area contributed by atoms with Gasteiger partial charge in [0.2, 0.25) is 0 Å². The van der Waals surface area contributed by atoms with Gasteiger partial charge >= 0.3 is 0 Å². The van der Waals surface area contributed by atoms with Gasteiger partial charge in [-0.25, -0.2) is 0 Å². The van der Waals surface area contributed by atoms with Crippen molar-refractivity contribution in [2.45, 2.75) is 25.3 Å². The molecule has 0 unspecified atom stereocenters. The number of nitrogens with zero attached hydrogens (tertiary/aromatic N) is 1. The van der Waals surface area contributed by atoms with Crippen molar-refractivity contribution in [2.24, 2.45) is 5.73 Å². The molecule has 4 nitrogen and oxygen atoms in total. The molecule has 1 aliphatic rings. The second-order valence-electron chi connectivity index (χ2n) is 4.94. The summed E-state index contributed by atoms with van der Waals surface area (Å²) >= 11 is 12.1. The molecule has 0 aliphatic heterocycles. The lowest BCUT2D eigenvalue weighted by Gasteiger charge is -2.18. The molecule has 1 amide bonds. The highest BCUT2D eigenvalue weighted by atomic mass is 35.5. The van der Waals surface area contributed by atoms with Crippen molar-refractivity contribution in [3.05, 3.63) is 27.7 Å². The molecule has 20 heavy (non-hydrogen) atoms. The molecule has 1 saturated carbocycles. The fourth-order valence-electron chi connectivity index (χ4n) is 2.02. The average Bonchev–Trinajstić information content (AvgIpc) is 3.21. The number of carbonyl (C=O) groups is 1. The normalized spacial score (nSPS) is 14.2. The van der Waals surface area contributed by atoms with E-state index < -0.39 is 0 Å². The van der Waals surface area contributed by atoms with E-state index in [9.17, 15) is 4.79 Å². The van der Waals surface area contributed by atoms with Gasteiger partial charge in [-0.05, 0) is 43.5 Å². The third-order valence-electron chi connectivity index (χ3n) is 3.33. The monoisotopic (exact) mass is 316 g/mol. The Morgan fingerprint density at radius 2 is 2.15 bits per heavy atom. The first-order chi connectivity index (χ1) is 9.52. The lowest BCUT2D eigenvalue weighted by Crippen LogP contribution is -2.33. The third kappa shape index (κ3) is 3.78. The summed E-state index contributed by atoms with van der Waals surface area (Å²) in [6, 6.07) is 3.74. The van der Waals surface area contributed by atoms with E-state index in [4.69, 9.17) is 33.7 Å². The molecular weight excluding hydrogens is 299 g/mol. The van der Waals surface area contributed by atoms with E-state index in [0.717, 1.165) is 18.4 Å². The number of amides is 1. The number of halogens is 2. The van der Waals surface area contributed by atoms with Crippen LogP contribution >= 0.6 is 23.2 Å². The van der Waals surface area contributed by atoms with Gasteiger partial charge in [0, 0.05) is 18.1 Å². The third-order valence-corrected chi connectivity index (χ3v) is 3.83. The van der Waals surface area contributed by atoms with E-state index in [2.05, 4.69) is 0 Å².